The van der Waals surface area contributed by atoms with Crippen LogP contribution in [0.2, 0.25) is 0 Å². The molecule has 3 aromatic carbocycles. The summed E-state index contributed by atoms with van der Waals surface area (Å²) in [6, 6.07) is 13.1. The maximum atomic E-state index is 12.9. The summed E-state index contributed by atoms with van der Waals surface area (Å²) in [7, 11) is -7.94. The number of anilines is 2. The van der Waals surface area contributed by atoms with Crippen LogP contribution in [-0.4, -0.2) is 40.1 Å². The number of nitrogens with one attached hydrogen (secondary N) is 2. The van der Waals surface area contributed by atoms with Crippen LogP contribution in [0.5, 0.6) is 0 Å². The highest BCUT2D eigenvalue weighted by molar-refractivity contribution is 7.92. The second-order valence-electron chi connectivity index (χ2n) is 8.75. The lowest BCUT2D eigenvalue weighted by atomic mass is 10.1. The van der Waals surface area contributed by atoms with E-state index in [0.29, 0.717) is 24.7 Å². The Morgan fingerprint density at radius 1 is 0.842 bits per heavy atom. The van der Waals surface area contributed by atoms with Gasteiger partial charge in [-0.05, 0) is 79.9 Å². The second-order valence-corrected chi connectivity index (χ2v) is 12.4. The van der Waals surface area contributed by atoms with Gasteiger partial charge in [-0.15, -0.1) is 0 Å². The van der Waals surface area contributed by atoms with Crippen LogP contribution in [0.1, 0.15) is 34.3 Å². The number of carbonyl (C=O) groups is 1. The van der Waals surface area contributed by atoms with Gasteiger partial charge in [-0.25, -0.2) is 16.8 Å². The average Bonchev–Trinajstić information content (AvgIpc) is 3.40. The molecule has 1 saturated heterocycles. The Morgan fingerprint density at radius 2 is 1.47 bits per heavy atom. The van der Waals surface area contributed by atoms with Gasteiger partial charge in [0.05, 0.1) is 15.4 Å². The highest BCUT2D eigenvalue weighted by atomic mass is 32.2. The zero-order valence-corrected chi connectivity index (χ0v) is 21.8. The Labute approximate surface area is 218 Å². The predicted octanol–water partition coefficient (Wildman–Crippen LogP) is 4.85. The van der Waals surface area contributed by atoms with E-state index in [2.05, 4.69) is 10.0 Å². The maximum absolute atomic E-state index is 12.9. The van der Waals surface area contributed by atoms with Gasteiger partial charge >= 0.3 is 6.18 Å². The Bertz CT molecular complexity index is 1570. The predicted molar refractivity (Wildman–Crippen MR) is 136 cm³/mol. The SMILES string of the molecule is Cc1ccc(S(=O)(=O)N2CCCC2)cc1C(=O)Nc1ccc(S(=O)(=O)Nc2cccc(C(F)(F)F)c2)cc1. The van der Waals surface area contributed by atoms with E-state index in [4.69, 9.17) is 0 Å². The zero-order chi connectivity index (χ0) is 27.7. The molecule has 0 spiro atoms. The van der Waals surface area contributed by atoms with Crippen molar-refractivity contribution in [2.45, 2.75) is 35.7 Å². The van der Waals surface area contributed by atoms with Crippen molar-refractivity contribution in [3.05, 3.63) is 83.4 Å². The van der Waals surface area contributed by atoms with Crippen LogP contribution in [0, 0.1) is 6.92 Å². The Morgan fingerprint density at radius 3 is 2.11 bits per heavy atom. The third-order valence-corrected chi connectivity index (χ3v) is 9.31. The number of sulfonamides is 2. The number of rotatable bonds is 7. The fourth-order valence-corrected chi connectivity index (χ4v) is 6.57. The standard InChI is InChI=1S/C25H24F3N3O5S2/c1-17-7-10-22(38(35,36)31-13-2-3-14-31)16-23(17)24(32)29-19-8-11-21(12-9-19)37(33,34)30-20-6-4-5-18(15-20)25(26,27)28/h4-12,15-16,30H,2-3,13-14H2,1H3,(H,29,32). The van der Waals surface area contributed by atoms with Gasteiger partial charge in [0.25, 0.3) is 15.9 Å². The van der Waals surface area contributed by atoms with Gasteiger partial charge in [-0.1, -0.05) is 12.1 Å². The highest BCUT2D eigenvalue weighted by Crippen LogP contribution is 2.31. The van der Waals surface area contributed by atoms with Crippen LogP contribution in [0.4, 0.5) is 24.5 Å². The second kappa shape index (κ2) is 10.4. The molecular formula is C25H24F3N3O5S2. The molecule has 0 bridgehead atoms. The number of hydrogen-bond donors (Lipinski definition) is 2. The minimum atomic E-state index is -4.63. The van der Waals surface area contributed by atoms with Crippen molar-refractivity contribution in [1.29, 1.82) is 0 Å². The quantitative estimate of drug-likeness (QED) is 0.424. The van der Waals surface area contributed by atoms with Gasteiger partial charge < -0.3 is 5.32 Å². The first-order chi connectivity index (χ1) is 17.8. The summed E-state index contributed by atoms with van der Waals surface area (Å²) in [5.41, 5.74) is -0.319. The van der Waals surface area contributed by atoms with Crippen LogP contribution < -0.4 is 10.0 Å². The number of halogens is 3. The molecule has 1 fully saturated rings. The molecule has 2 N–H and O–H groups in total. The third kappa shape index (κ3) is 6.00. The summed E-state index contributed by atoms with van der Waals surface area (Å²) in [6.45, 7) is 2.52. The largest absolute Gasteiger partial charge is 0.416 e. The van der Waals surface area contributed by atoms with Crippen LogP contribution in [0.15, 0.2) is 76.5 Å². The van der Waals surface area contributed by atoms with Crippen LogP contribution in [0.25, 0.3) is 0 Å². The molecule has 1 aliphatic heterocycles. The van der Waals surface area contributed by atoms with Crippen molar-refractivity contribution < 1.29 is 34.8 Å². The molecule has 8 nitrogen and oxygen atoms in total. The first kappa shape index (κ1) is 27.6. The summed E-state index contributed by atoms with van der Waals surface area (Å²) < 4.78 is 93.4. The molecule has 1 amide bonds. The first-order valence-electron chi connectivity index (χ1n) is 11.5. The molecule has 0 atom stereocenters. The summed E-state index contributed by atoms with van der Waals surface area (Å²) >= 11 is 0. The molecule has 13 heteroatoms. The molecule has 1 heterocycles. The third-order valence-electron chi connectivity index (χ3n) is 6.02. The molecule has 4 rings (SSSR count). The van der Waals surface area contributed by atoms with Crippen molar-refractivity contribution in [2.75, 3.05) is 23.1 Å². The van der Waals surface area contributed by atoms with E-state index in [0.717, 1.165) is 25.0 Å². The lowest BCUT2D eigenvalue weighted by Gasteiger charge is -2.17. The topological polar surface area (TPSA) is 113 Å². The van der Waals surface area contributed by atoms with Gasteiger partial charge in [-0.2, -0.15) is 17.5 Å². The molecule has 0 aromatic heterocycles. The molecule has 3 aromatic rings. The number of benzene rings is 3. The van der Waals surface area contributed by atoms with E-state index < -0.39 is 37.7 Å². The Hall–Kier alpha value is -3.42. The van der Waals surface area contributed by atoms with Crippen molar-refractivity contribution >= 4 is 37.3 Å². The number of alkyl halides is 3. The van der Waals surface area contributed by atoms with Crippen molar-refractivity contribution in [1.82, 2.24) is 4.31 Å². The maximum Gasteiger partial charge on any atom is 0.416 e. The minimum absolute atomic E-state index is 0.0114. The average molecular weight is 568 g/mol. The molecule has 0 radical (unpaired) electrons. The number of nitrogens with zero attached hydrogens (tertiary/aromatic N) is 1. The number of hydrogen-bond acceptors (Lipinski definition) is 5. The summed E-state index contributed by atoms with van der Waals surface area (Å²) in [4.78, 5) is 12.7. The zero-order valence-electron chi connectivity index (χ0n) is 20.1. The number of carbonyl (C=O) groups excluding carboxylic acids is 1. The van der Waals surface area contributed by atoms with Gasteiger partial charge in [0.15, 0.2) is 0 Å². The fraction of sp³-hybridized carbons (Fsp3) is 0.240. The lowest BCUT2D eigenvalue weighted by molar-refractivity contribution is -0.137. The Balaban J connectivity index is 1.50. The number of amides is 1. The summed E-state index contributed by atoms with van der Waals surface area (Å²) in [5.74, 6) is -0.585. The molecule has 38 heavy (non-hydrogen) atoms. The van der Waals surface area contributed by atoms with Crippen LogP contribution in [0.3, 0.4) is 0 Å². The van der Waals surface area contributed by atoms with Crippen molar-refractivity contribution in [3.63, 3.8) is 0 Å². The van der Waals surface area contributed by atoms with Crippen molar-refractivity contribution in [2.24, 2.45) is 0 Å². The molecule has 0 unspecified atom stereocenters. The summed E-state index contributed by atoms with van der Waals surface area (Å²) in [6.07, 6.45) is -3.07. The van der Waals surface area contributed by atoms with Gasteiger partial charge in [0.1, 0.15) is 0 Å². The van der Waals surface area contributed by atoms with Crippen molar-refractivity contribution in [3.8, 4) is 0 Å². The summed E-state index contributed by atoms with van der Waals surface area (Å²) in [5, 5.41) is 2.61. The number of aryl methyl sites for hydroxylation is 1. The smallest absolute Gasteiger partial charge is 0.322 e. The molecule has 0 saturated carbocycles. The normalized spacial score (nSPS) is 14.8. The lowest BCUT2D eigenvalue weighted by Crippen LogP contribution is -2.28. The van der Waals surface area contributed by atoms with E-state index >= 15 is 0 Å². The van der Waals surface area contributed by atoms with E-state index in [-0.39, 0.29) is 26.7 Å². The van der Waals surface area contributed by atoms with E-state index in [1.807, 2.05) is 0 Å². The van der Waals surface area contributed by atoms with Gasteiger partial charge in [0, 0.05) is 30.0 Å². The fourth-order valence-electron chi connectivity index (χ4n) is 3.97. The Kier molecular flexibility index (Phi) is 7.55. The monoisotopic (exact) mass is 567 g/mol. The molecule has 202 valence electrons. The van der Waals surface area contributed by atoms with E-state index in [1.54, 1.807) is 13.0 Å². The molecular weight excluding hydrogens is 543 g/mol. The van der Waals surface area contributed by atoms with Gasteiger partial charge in [-0.3, -0.25) is 9.52 Å². The highest BCUT2D eigenvalue weighted by Gasteiger charge is 2.31. The van der Waals surface area contributed by atoms with E-state index in [1.165, 1.54) is 46.8 Å². The first-order valence-corrected chi connectivity index (χ1v) is 14.4. The van der Waals surface area contributed by atoms with Gasteiger partial charge in [0.2, 0.25) is 10.0 Å². The van der Waals surface area contributed by atoms with E-state index in [9.17, 15) is 34.8 Å². The van der Waals surface area contributed by atoms with Crippen LogP contribution >= 0.6 is 0 Å². The van der Waals surface area contributed by atoms with Crippen LogP contribution in [-0.2, 0) is 26.2 Å². The minimum Gasteiger partial charge on any atom is -0.322 e. The molecule has 1 aliphatic rings. The molecule has 0 aliphatic carbocycles.